The van der Waals surface area contributed by atoms with Crippen LogP contribution in [0.3, 0.4) is 0 Å². The number of amidine groups is 2. The van der Waals surface area contributed by atoms with Gasteiger partial charge in [0.2, 0.25) is 5.78 Å². The molecule has 0 bridgehead atoms. The van der Waals surface area contributed by atoms with Gasteiger partial charge in [0, 0.05) is 11.1 Å². The number of carbonyl (C=O) groups excluding carboxylic acids is 1. The standard InChI is InChI=1S/C33H39N3O2/c1-6-7-8-9-10-11-19-38-29-14-12-13-28(30(29)37)33-35-31(26-17-15-22(2)20-24(26)4)34-32(36-33)27-18-16-23(3)21-25(27)5/h12-18,20-21H,6-11,19H2,1-5H3,(H,34,35,36). The lowest BCUT2D eigenvalue weighted by molar-refractivity contribution is -0.115. The van der Waals surface area contributed by atoms with Gasteiger partial charge in [0.1, 0.15) is 11.7 Å². The largest absolute Gasteiger partial charge is 0.489 e. The van der Waals surface area contributed by atoms with Crippen LogP contribution in [0.25, 0.3) is 0 Å². The van der Waals surface area contributed by atoms with E-state index in [2.05, 4.69) is 76.3 Å². The topological polar surface area (TPSA) is 63.0 Å². The summed E-state index contributed by atoms with van der Waals surface area (Å²) in [6, 6.07) is 12.6. The lowest BCUT2D eigenvalue weighted by Crippen LogP contribution is -2.36. The van der Waals surface area contributed by atoms with Crippen LogP contribution in [0.1, 0.15) is 78.8 Å². The van der Waals surface area contributed by atoms with Crippen molar-refractivity contribution >= 4 is 17.5 Å². The third-order valence-electron chi connectivity index (χ3n) is 6.92. The SMILES string of the molecule is CCCCCCCCOC1=CC=CC(=C2N=C(c3ccc(C)cc3C)NC(c3ccc(C)cc3C)=N2)C1=O. The van der Waals surface area contributed by atoms with E-state index in [0.29, 0.717) is 35.4 Å². The van der Waals surface area contributed by atoms with Gasteiger partial charge in [-0.05, 0) is 57.4 Å². The molecule has 1 N–H and O–H groups in total. The van der Waals surface area contributed by atoms with Crippen LogP contribution < -0.4 is 5.32 Å². The lowest BCUT2D eigenvalue weighted by atomic mass is 10.0. The number of aryl methyl sites for hydroxylation is 4. The van der Waals surface area contributed by atoms with Gasteiger partial charge in [-0.25, -0.2) is 9.98 Å². The lowest BCUT2D eigenvalue weighted by Gasteiger charge is -2.22. The maximum absolute atomic E-state index is 13.5. The van der Waals surface area contributed by atoms with Crippen molar-refractivity contribution in [2.75, 3.05) is 6.61 Å². The first-order valence-corrected chi connectivity index (χ1v) is 13.8. The van der Waals surface area contributed by atoms with Crippen LogP contribution in [-0.2, 0) is 9.53 Å². The molecule has 5 nitrogen and oxygen atoms in total. The summed E-state index contributed by atoms with van der Waals surface area (Å²) in [7, 11) is 0. The zero-order chi connectivity index (χ0) is 27.1. The van der Waals surface area contributed by atoms with E-state index < -0.39 is 0 Å². The first kappa shape index (κ1) is 27.3. The number of hydrogen-bond acceptors (Lipinski definition) is 5. The van der Waals surface area contributed by atoms with Gasteiger partial charge >= 0.3 is 0 Å². The maximum atomic E-state index is 13.5. The Balaban J connectivity index is 1.64. The highest BCUT2D eigenvalue weighted by molar-refractivity contribution is 6.18. The maximum Gasteiger partial charge on any atom is 0.231 e. The van der Waals surface area contributed by atoms with Crippen molar-refractivity contribution in [2.45, 2.75) is 73.1 Å². The predicted octanol–water partition coefficient (Wildman–Crippen LogP) is 7.33. The molecular formula is C33H39N3O2. The molecule has 0 atom stereocenters. The first-order valence-electron chi connectivity index (χ1n) is 13.8. The molecule has 5 heteroatoms. The number of unbranched alkanes of at least 4 members (excludes halogenated alkanes) is 5. The zero-order valence-corrected chi connectivity index (χ0v) is 23.4. The van der Waals surface area contributed by atoms with Gasteiger partial charge in [0.15, 0.2) is 11.6 Å². The van der Waals surface area contributed by atoms with Crippen LogP contribution in [0.2, 0.25) is 0 Å². The normalized spacial score (nSPS) is 15.2. The number of nitrogens with zero attached hydrogens (tertiary/aromatic N) is 2. The van der Waals surface area contributed by atoms with Gasteiger partial charge in [-0.2, -0.15) is 0 Å². The summed E-state index contributed by atoms with van der Waals surface area (Å²) in [4.78, 5) is 23.2. The second kappa shape index (κ2) is 12.7. The minimum absolute atomic E-state index is 0.178. The molecule has 1 aliphatic heterocycles. The fourth-order valence-corrected chi connectivity index (χ4v) is 4.81. The smallest absolute Gasteiger partial charge is 0.231 e. The Kier molecular flexibility index (Phi) is 9.11. The summed E-state index contributed by atoms with van der Waals surface area (Å²) in [6.45, 7) is 11.1. The van der Waals surface area contributed by atoms with Crippen molar-refractivity contribution < 1.29 is 9.53 Å². The van der Waals surface area contributed by atoms with E-state index in [1.165, 1.54) is 36.8 Å². The molecule has 2 aliphatic rings. The van der Waals surface area contributed by atoms with Gasteiger partial charge < -0.3 is 10.1 Å². The van der Waals surface area contributed by atoms with Gasteiger partial charge in [-0.15, -0.1) is 0 Å². The third kappa shape index (κ3) is 6.58. The average molecular weight is 510 g/mol. The summed E-state index contributed by atoms with van der Waals surface area (Å²) >= 11 is 0. The molecule has 0 spiro atoms. The summed E-state index contributed by atoms with van der Waals surface area (Å²) in [5.74, 6) is 1.93. The highest BCUT2D eigenvalue weighted by Crippen LogP contribution is 2.25. The molecule has 0 fully saturated rings. The molecule has 0 aromatic heterocycles. The first-order chi connectivity index (χ1) is 18.4. The molecule has 0 amide bonds. The van der Waals surface area contributed by atoms with E-state index in [0.717, 1.165) is 35.1 Å². The Hall–Kier alpha value is -3.73. The molecule has 198 valence electrons. The molecular weight excluding hydrogens is 470 g/mol. The predicted molar refractivity (Wildman–Crippen MR) is 157 cm³/mol. The van der Waals surface area contributed by atoms with E-state index in [1.807, 2.05) is 6.08 Å². The number of Topliss-reactive ketones (excluding diaryl/α,β-unsaturated/α-hetero) is 1. The van der Waals surface area contributed by atoms with Gasteiger partial charge in [-0.1, -0.05) is 92.6 Å². The van der Waals surface area contributed by atoms with E-state index in [-0.39, 0.29) is 5.78 Å². The van der Waals surface area contributed by atoms with Crippen molar-refractivity contribution in [3.05, 3.63) is 105 Å². The van der Waals surface area contributed by atoms with Crippen LogP contribution in [0.5, 0.6) is 0 Å². The Morgan fingerprint density at radius 3 is 1.95 bits per heavy atom. The molecule has 0 unspecified atom stereocenters. The minimum atomic E-state index is -0.178. The number of benzene rings is 2. The van der Waals surface area contributed by atoms with E-state index in [4.69, 9.17) is 14.7 Å². The number of rotatable bonds is 10. The third-order valence-corrected chi connectivity index (χ3v) is 6.92. The number of ketones is 1. The van der Waals surface area contributed by atoms with Gasteiger partial charge in [-0.3, -0.25) is 4.79 Å². The fourth-order valence-electron chi connectivity index (χ4n) is 4.81. The van der Waals surface area contributed by atoms with Crippen molar-refractivity contribution in [1.29, 1.82) is 0 Å². The highest BCUT2D eigenvalue weighted by atomic mass is 16.5. The minimum Gasteiger partial charge on any atom is -0.489 e. The van der Waals surface area contributed by atoms with Gasteiger partial charge in [0.05, 0.1) is 12.2 Å². The molecule has 2 aromatic carbocycles. The quantitative estimate of drug-likeness (QED) is 0.269. The number of carbonyl (C=O) groups is 1. The summed E-state index contributed by atoms with van der Waals surface area (Å²) in [5, 5.41) is 3.45. The van der Waals surface area contributed by atoms with Crippen LogP contribution in [0, 0.1) is 27.7 Å². The Morgan fingerprint density at radius 1 is 0.789 bits per heavy atom. The second-order valence-corrected chi connectivity index (χ2v) is 10.3. The summed E-state index contributed by atoms with van der Waals surface area (Å²) < 4.78 is 5.92. The molecule has 0 saturated carbocycles. The zero-order valence-electron chi connectivity index (χ0n) is 23.4. The Bertz CT molecular complexity index is 1290. The molecule has 0 radical (unpaired) electrons. The number of hydrogen-bond donors (Lipinski definition) is 1. The molecule has 0 saturated heterocycles. The van der Waals surface area contributed by atoms with Crippen molar-refractivity contribution in [2.24, 2.45) is 9.98 Å². The van der Waals surface area contributed by atoms with Crippen LogP contribution in [-0.4, -0.2) is 24.1 Å². The average Bonchev–Trinajstić information content (AvgIpc) is 2.89. The second-order valence-electron chi connectivity index (χ2n) is 10.3. The van der Waals surface area contributed by atoms with E-state index >= 15 is 0 Å². The number of allylic oxidation sites excluding steroid dienone is 4. The Morgan fingerprint density at radius 2 is 1.37 bits per heavy atom. The van der Waals surface area contributed by atoms with Crippen LogP contribution >= 0.6 is 0 Å². The number of ether oxygens (including phenoxy) is 1. The molecule has 1 aliphatic carbocycles. The van der Waals surface area contributed by atoms with E-state index in [9.17, 15) is 4.79 Å². The molecule has 1 heterocycles. The molecule has 38 heavy (non-hydrogen) atoms. The Labute approximate surface area is 227 Å². The summed E-state index contributed by atoms with van der Waals surface area (Å²) in [6.07, 6.45) is 12.4. The molecule has 4 rings (SSSR count). The van der Waals surface area contributed by atoms with Crippen molar-refractivity contribution in [3.8, 4) is 0 Å². The number of nitrogens with one attached hydrogen (secondary N) is 1. The highest BCUT2D eigenvalue weighted by Gasteiger charge is 2.25. The van der Waals surface area contributed by atoms with Crippen LogP contribution in [0.4, 0.5) is 0 Å². The van der Waals surface area contributed by atoms with E-state index in [1.54, 1.807) is 12.2 Å². The fraction of sp³-hybridized carbons (Fsp3) is 0.364. The van der Waals surface area contributed by atoms with Gasteiger partial charge in [0.25, 0.3) is 0 Å². The van der Waals surface area contributed by atoms with Crippen molar-refractivity contribution in [3.63, 3.8) is 0 Å². The summed E-state index contributed by atoms with van der Waals surface area (Å²) in [5.41, 5.74) is 6.99. The number of aliphatic imine (C=N–C) groups is 2. The van der Waals surface area contributed by atoms with Crippen LogP contribution in [0.15, 0.2) is 81.8 Å². The molecule has 2 aromatic rings. The monoisotopic (exact) mass is 509 g/mol. The van der Waals surface area contributed by atoms with Crippen molar-refractivity contribution in [1.82, 2.24) is 5.32 Å².